The number of carbonyl (C=O) groups excluding carboxylic acids is 1. The summed E-state index contributed by atoms with van der Waals surface area (Å²) in [5, 5.41) is 9.44. The van der Waals surface area contributed by atoms with Crippen molar-refractivity contribution in [3.05, 3.63) is 0 Å². The highest BCUT2D eigenvalue weighted by atomic mass is 32.2. The molecular formula is C11H22O2S. The van der Waals surface area contributed by atoms with E-state index in [1.165, 1.54) is 0 Å². The Morgan fingerprint density at radius 2 is 1.71 bits per heavy atom. The molecule has 0 amide bonds. The third-order valence-corrected chi connectivity index (χ3v) is 2.89. The molecule has 0 aliphatic rings. The van der Waals surface area contributed by atoms with Crippen LogP contribution in [0.1, 0.15) is 41.0 Å². The molecule has 0 radical (unpaired) electrons. The van der Waals surface area contributed by atoms with Crippen LogP contribution >= 0.6 is 11.8 Å². The molecule has 0 unspecified atom stereocenters. The first-order valence-electron chi connectivity index (χ1n) is 4.96. The summed E-state index contributed by atoms with van der Waals surface area (Å²) in [5.41, 5.74) is -0.848. The van der Waals surface area contributed by atoms with Gasteiger partial charge in [0.2, 0.25) is 0 Å². The van der Waals surface area contributed by atoms with E-state index in [0.29, 0.717) is 5.75 Å². The fourth-order valence-electron chi connectivity index (χ4n) is 0.703. The van der Waals surface area contributed by atoms with Crippen molar-refractivity contribution in [3.8, 4) is 0 Å². The van der Waals surface area contributed by atoms with Gasteiger partial charge < -0.3 is 5.11 Å². The average molecular weight is 218 g/mol. The molecule has 0 heterocycles. The number of carbonyl (C=O) groups is 1. The number of rotatable bonds is 5. The van der Waals surface area contributed by atoms with Crippen LogP contribution in [0.15, 0.2) is 0 Å². The monoisotopic (exact) mass is 218 g/mol. The van der Waals surface area contributed by atoms with E-state index in [4.69, 9.17) is 0 Å². The van der Waals surface area contributed by atoms with E-state index >= 15 is 0 Å². The second-order valence-electron chi connectivity index (χ2n) is 5.29. The van der Waals surface area contributed by atoms with Crippen molar-refractivity contribution in [2.75, 3.05) is 11.5 Å². The summed E-state index contributed by atoms with van der Waals surface area (Å²) in [4.78, 5) is 11.5. The van der Waals surface area contributed by atoms with Crippen molar-refractivity contribution >= 4 is 17.5 Å². The van der Waals surface area contributed by atoms with Gasteiger partial charge in [-0.05, 0) is 26.0 Å². The van der Waals surface area contributed by atoms with E-state index in [9.17, 15) is 9.90 Å². The Labute approximate surface area is 91.5 Å². The van der Waals surface area contributed by atoms with Crippen LogP contribution in [0.5, 0.6) is 0 Å². The second-order valence-corrected chi connectivity index (χ2v) is 6.39. The molecule has 1 N–H and O–H groups in total. The summed E-state index contributed by atoms with van der Waals surface area (Å²) < 4.78 is 0. The lowest BCUT2D eigenvalue weighted by Gasteiger charge is -2.18. The van der Waals surface area contributed by atoms with E-state index in [2.05, 4.69) is 0 Å². The van der Waals surface area contributed by atoms with Gasteiger partial charge in [0.1, 0.15) is 5.78 Å². The summed E-state index contributed by atoms with van der Waals surface area (Å²) in [6.07, 6.45) is 0.731. The Kier molecular flexibility index (Phi) is 5.16. The lowest BCUT2D eigenvalue weighted by molar-refractivity contribution is -0.123. The maximum atomic E-state index is 11.5. The minimum Gasteiger partial charge on any atom is -0.390 e. The van der Waals surface area contributed by atoms with Crippen LogP contribution in [0.25, 0.3) is 0 Å². The molecule has 3 heteroatoms. The Hall–Kier alpha value is -0.0200. The predicted molar refractivity (Wildman–Crippen MR) is 62.7 cm³/mol. The Morgan fingerprint density at radius 1 is 1.21 bits per heavy atom. The summed E-state index contributed by atoms with van der Waals surface area (Å²) in [7, 11) is 0. The fraction of sp³-hybridized carbons (Fsp3) is 0.909. The highest BCUT2D eigenvalue weighted by molar-refractivity contribution is 7.99. The minimum atomic E-state index is -0.613. The largest absolute Gasteiger partial charge is 0.390 e. The molecule has 0 aliphatic carbocycles. The zero-order valence-corrected chi connectivity index (χ0v) is 10.7. The molecule has 0 saturated heterocycles. The van der Waals surface area contributed by atoms with Crippen LogP contribution in [0.3, 0.4) is 0 Å². The van der Waals surface area contributed by atoms with Gasteiger partial charge in [-0.25, -0.2) is 0 Å². The Balaban J connectivity index is 3.62. The maximum absolute atomic E-state index is 11.5. The standard InChI is InChI=1S/C11H22O2S/c1-10(2,3)9(12)8-14-7-6-11(4,5)13/h13H,6-8H2,1-5H3. The van der Waals surface area contributed by atoms with Crippen LogP contribution in [-0.2, 0) is 4.79 Å². The zero-order valence-electron chi connectivity index (χ0n) is 9.89. The molecule has 0 aliphatic heterocycles. The Bertz CT molecular complexity index is 186. The topological polar surface area (TPSA) is 37.3 Å². The van der Waals surface area contributed by atoms with E-state index < -0.39 is 5.60 Å². The first-order valence-corrected chi connectivity index (χ1v) is 6.12. The molecule has 0 aromatic rings. The summed E-state index contributed by atoms with van der Waals surface area (Å²) in [6.45, 7) is 9.39. The van der Waals surface area contributed by atoms with E-state index in [1.54, 1.807) is 25.6 Å². The summed E-state index contributed by atoms with van der Waals surface area (Å²) >= 11 is 1.61. The van der Waals surface area contributed by atoms with Crippen molar-refractivity contribution in [2.24, 2.45) is 5.41 Å². The van der Waals surface area contributed by atoms with E-state index in [0.717, 1.165) is 12.2 Å². The SMILES string of the molecule is CC(C)(O)CCSCC(=O)C(C)(C)C. The fourth-order valence-corrected chi connectivity index (χ4v) is 2.11. The molecule has 0 spiro atoms. The predicted octanol–water partition coefficient (Wildman–Crippen LogP) is 2.50. The summed E-state index contributed by atoms with van der Waals surface area (Å²) in [5.74, 6) is 1.67. The van der Waals surface area contributed by atoms with Gasteiger partial charge in [0.15, 0.2) is 0 Å². The van der Waals surface area contributed by atoms with Gasteiger partial charge in [-0.1, -0.05) is 20.8 Å². The lowest BCUT2D eigenvalue weighted by Crippen LogP contribution is -2.23. The van der Waals surface area contributed by atoms with E-state index in [1.807, 2.05) is 20.8 Å². The summed E-state index contributed by atoms with van der Waals surface area (Å²) in [6, 6.07) is 0. The number of Topliss-reactive ketones (excluding diaryl/α,β-unsaturated/α-hetero) is 1. The minimum absolute atomic E-state index is 0.234. The second kappa shape index (κ2) is 5.17. The number of ketones is 1. The average Bonchev–Trinajstić information content (AvgIpc) is 1.93. The molecule has 14 heavy (non-hydrogen) atoms. The van der Waals surface area contributed by atoms with Crippen molar-refractivity contribution in [3.63, 3.8) is 0 Å². The van der Waals surface area contributed by atoms with Gasteiger partial charge in [0.05, 0.1) is 11.4 Å². The van der Waals surface area contributed by atoms with Gasteiger partial charge in [-0.3, -0.25) is 4.79 Å². The van der Waals surface area contributed by atoms with Gasteiger partial charge in [-0.2, -0.15) is 11.8 Å². The van der Waals surface area contributed by atoms with Crippen LogP contribution in [0.4, 0.5) is 0 Å². The molecule has 0 rings (SSSR count). The number of thioether (sulfide) groups is 1. The lowest BCUT2D eigenvalue weighted by atomic mass is 9.92. The van der Waals surface area contributed by atoms with E-state index in [-0.39, 0.29) is 11.2 Å². The molecule has 0 saturated carbocycles. The Morgan fingerprint density at radius 3 is 2.07 bits per heavy atom. The number of hydrogen-bond donors (Lipinski definition) is 1. The van der Waals surface area contributed by atoms with Gasteiger partial charge >= 0.3 is 0 Å². The van der Waals surface area contributed by atoms with Gasteiger partial charge in [0.25, 0.3) is 0 Å². The normalized spacial score (nSPS) is 13.0. The van der Waals surface area contributed by atoms with Crippen molar-refractivity contribution in [2.45, 2.75) is 46.6 Å². The molecule has 0 aromatic heterocycles. The number of hydrogen-bond acceptors (Lipinski definition) is 3. The molecule has 84 valence electrons. The number of aliphatic hydroxyl groups is 1. The molecule has 0 atom stereocenters. The van der Waals surface area contributed by atoms with Crippen molar-refractivity contribution in [1.82, 2.24) is 0 Å². The zero-order chi connectivity index (χ0) is 11.4. The third-order valence-electron chi connectivity index (χ3n) is 1.93. The third kappa shape index (κ3) is 7.39. The van der Waals surface area contributed by atoms with Crippen LogP contribution in [0, 0.1) is 5.41 Å². The smallest absolute Gasteiger partial charge is 0.148 e. The van der Waals surface area contributed by atoms with Crippen LogP contribution in [-0.4, -0.2) is 28.0 Å². The van der Waals surface area contributed by atoms with Gasteiger partial charge in [0, 0.05) is 5.41 Å². The van der Waals surface area contributed by atoms with Gasteiger partial charge in [-0.15, -0.1) is 0 Å². The first kappa shape index (κ1) is 14.0. The quantitative estimate of drug-likeness (QED) is 0.720. The highest BCUT2D eigenvalue weighted by Gasteiger charge is 2.21. The molecule has 2 nitrogen and oxygen atoms in total. The van der Waals surface area contributed by atoms with Crippen LogP contribution < -0.4 is 0 Å². The molecule has 0 bridgehead atoms. The van der Waals surface area contributed by atoms with Crippen molar-refractivity contribution in [1.29, 1.82) is 0 Å². The van der Waals surface area contributed by atoms with Crippen molar-refractivity contribution < 1.29 is 9.90 Å². The molecule has 0 fully saturated rings. The van der Waals surface area contributed by atoms with Crippen LogP contribution in [0.2, 0.25) is 0 Å². The highest BCUT2D eigenvalue weighted by Crippen LogP contribution is 2.19. The molecule has 0 aromatic carbocycles. The first-order chi connectivity index (χ1) is 6.13. The maximum Gasteiger partial charge on any atom is 0.148 e. The molecular weight excluding hydrogens is 196 g/mol.